The van der Waals surface area contributed by atoms with E-state index in [0.717, 1.165) is 13.1 Å². The standard InChI is InChI=1S/C14H31N3/c1-6-9-16(13(2)3)12-14(4,5)17-10-7-15-8-11-17/h13,15H,6-12H2,1-5H3. The molecule has 0 atom stereocenters. The fourth-order valence-corrected chi connectivity index (χ4v) is 2.67. The van der Waals surface area contributed by atoms with Crippen molar-refractivity contribution in [1.29, 1.82) is 0 Å². The van der Waals surface area contributed by atoms with Gasteiger partial charge in [0.25, 0.3) is 0 Å². The van der Waals surface area contributed by atoms with Gasteiger partial charge >= 0.3 is 0 Å². The maximum Gasteiger partial charge on any atom is 0.0281 e. The lowest BCUT2D eigenvalue weighted by molar-refractivity contribution is 0.0523. The van der Waals surface area contributed by atoms with Crippen LogP contribution in [0.1, 0.15) is 41.0 Å². The normalized spacial score (nSPS) is 19.2. The smallest absolute Gasteiger partial charge is 0.0281 e. The Balaban J connectivity index is 2.55. The average Bonchev–Trinajstić information content (AvgIpc) is 2.29. The van der Waals surface area contributed by atoms with E-state index >= 15 is 0 Å². The monoisotopic (exact) mass is 241 g/mol. The van der Waals surface area contributed by atoms with Crippen LogP contribution in [0.25, 0.3) is 0 Å². The molecule has 1 aliphatic rings. The maximum atomic E-state index is 3.43. The third kappa shape index (κ3) is 4.57. The maximum absolute atomic E-state index is 3.43. The van der Waals surface area contributed by atoms with E-state index < -0.39 is 0 Å². The van der Waals surface area contributed by atoms with E-state index in [0.29, 0.717) is 11.6 Å². The van der Waals surface area contributed by atoms with Gasteiger partial charge in [0, 0.05) is 44.3 Å². The molecule has 0 spiro atoms. The van der Waals surface area contributed by atoms with Crippen LogP contribution < -0.4 is 5.32 Å². The largest absolute Gasteiger partial charge is 0.314 e. The van der Waals surface area contributed by atoms with Gasteiger partial charge in [0.1, 0.15) is 0 Å². The van der Waals surface area contributed by atoms with Crippen LogP contribution in [0.5, 0.6) is 0 Å². The van der Waals surface area contributed by atoms with Crippen molar-refractivity contribution < 1.29 is 0 Å². The van der Waals surface area contributed by atoms with Crippen molar-refractivity contribution >= 4 is 0 Å². The lowest BCUT2D eigenvalue weighted by Gasteiger charge is -2.44. The lowest BCUT2D eigenvalue weighted by atomic mass is 10.00. The second-order valence-electron chi connectivity index (χ2n) is 6.11. The quantitative estimate of drug-likeness (QED) is 0.765. The molecular formula is C14H31N3. The van der Waals surface area contributed by atoms with Gasteiger partial charge in [-0.2, -0.15) is 0 Å². The molecular weight excluding hydrogens is 210 g/mol. The summed E-state index contributed by atoms with van der Waals surface area (Å²) in [6, 6.07) is 0.650. The summed E-state index contributed by atoms with van der Waals surface area (Å²) in [5, 5.41) is 3.43. The van der Waals surface area contributed by atoms with Crippen LogP contribution in [0.3, 0.4) is 0 Å². The number of piperazine rings is 1. The van der Waals surface area contributed by atoms with Crippen LogP contribution in [0, 0.1) is 0 Å². The first-order valence-corrected chi connectivity index (χ1v) is 7.17. The molecule has 1 heterocycles. The van der Waals surface area contributed by atoms with Crippen LogP contribution >= 0.6 is 0 Å². The van der Waals surface area contributed by atoms with E-state index in [1.54, 1.807) is 0 Å². The fourth-order valence-electron chi connectivity index (χ4n) is 2.67. The molecule has 0 saturated carbocycles. The topological polar surface area (TPSA) is 18.5 Å². The number of nitrogens with zero attached hydrogens (tertiary/aromatic N) is 2. The van der Waals surface area contributed by atoms with Crippen molar-refractivity contribution in [2.24, 2.45) is 0 Å². The molecule has 102 valence electrons. The molecule has 3 nitrogen and oxygen atoms in total. The van der Waals surface area contributed by atoms with Crippen LogP contribution in [-0.2, 0) is 0 Å². The predicted octanol–water partition coefficient (Wildman–Crippen LogP) is 1.79. The fraction of sp³-hybridized carbons (Fsp3) is 1.00. The zero-order chi connectivity index (χ0) is 12.9. The Morgan fingerprint density at radius 2 is 1.82 bits per heavy atom. The Morgan fingerprint density at radius 3 is 2.29 bits per heavy atom. The summed E-state index contributed by atoms with van der Waals surface area (Å²) in [7, 11) is 0. The van der Waals surface area contributed by atoms with Crippen LogP contribution in [-0.4, -0.2) is 60.6 Å². The van der Waals surface area contributed by atoms with E-state index in [1.165, 1.54) is 32.6 Å². The molecule has 1 saturated heterocycles. The van der Waals surface area contributed by atoms with Gasteiger partial charge in [-0.15, -0.1) is 0 Å². The molecule has 0 aliphatic carbocycles. The van der Waals surface area contributed by atoms with Crippen molar-refractivity contribution in [3.63, 3.8) is 0 Å². The highest BCUT2D eigenvalue weighted by Gasteiger charge is 2.30. The third-order valence-corrected chi connectivity index (χ3v) is 3.80. The summed E-state index contributed by atoms with van der Waals surface area (Å²) < 4.78 is 0. The highest BCUT2D eigenvalue weighted by molar-refractivity contribution is 4.88. The minimum absolute atomic E-state index is 0.293. The molecule has 0 aromatic carbocycles. The van der Waals surface area contributed by atoms with Crippen molar-refractivity contribution in [2.75, 3.05) is 39.3 Å². The molecule has 1 aliphatic heterocycles. The minimum atomic E-state index is 0.293. The van der Waals surface area contributed by atoms with Gasteiger partial charge in [0.15, 0.2) is 0 Å². The molecule has 0 aromatic rings. The van der Waals surface area contributed by atoms with Crippen molar-refractivity contribution in [3.8, 4) is 0 Å². The van der Waals surface area contributed by atoms with Crippen LogP contribution in [0.15, 0.2) is 0 Å². The summed E-state index contributed by atoms with van der Waals surface area (Å²) in [4.78, 5) is 5.25. The van der Waals surface area contributed by atoms with Gasteiger partial charge in [0.05, 0.1) is 0 Å². The van der Waals surface area contributed by atoms with E-state index in [4.69, 9.17) is 0 Å². The van der Waals surface area contributed by atoms with Crippen molar-refractivity contribution in [1.82, 2.24) is 15.1 Å². The number of hydrogen-bond acceptors (Lipinski definition) is 3. The minimum Gasteiger partial charge on any atom is -0.314 e. The Morgan fingerprint density at radius 1 is 1.24 bits per heavy atom. The number of rotatable bonds is 6. The van der Waals surface area contributed by atoms with E-state index in [-0.39, 0.29) is 0 Å². The van der Waals surface area contributed by atoms with E-state index in [2.05, 4.69) is 49.7 Å². The Bertz CT molecular complexity index is 208. The van der Waals surface area contributed by atoms with Crippen LogP contribution in [0.2, 0.25) is 0 Å². The summed E-state index contributed by atoms with van der Waals surface area (Å²) >= 11 is 0. The molecule has 0 radical (unpaired) electrons. The molecule has 0 aromatic heterocycles. The molecule has 1 fully saturated rings. The molecule has 17 heavy (non-hydrogen) atoms. The average molecular weight is 241 g/mol. The van der Waals surface area contributed by atoms with E-state index in [1.807, 2.05) is 0 Å². The molecule has 1 rings (SSSR count). The predicted molar refractivity (Wildman–Crippen MR) is 75.5 cm³/mol. The van der Waals surface area contributed by atoms with Gasteiger partial charge in [0.2, 0.25) is 0 Å². The van der Waals surface area contributed by atoms with Crippen LogP contribution in [0.4, 0.5) is 0 Å². The highest BCUT2D eigenvalue weighted by atomic mass is 15.3. The molecule has 3 heteroatoms. The SMILES string of the molecule is CCCN(CC(C)(C)N1CCNCC1)C(C)C. The van der Waals surface area contributed by atoms with Crippen molar-refractivity contribution in [3.05, 3.63) is 0 Å². The van der Waals surface area contributed by atoms with Gasteiger partial charge in [-0.3, -0.25) is 9.80 Å². The first kappa shape index (κ1) is 14.9. The van der Waals surface area contributed by atoms with Gasteiger partial charge < -0.3 is 5.32 Å². The number of hydrogen-bond donors (Lipinski definition) is 1. The summed E-state index contributed by atoms with van der Waals surface area (Å²) in [6.45, 7) is 18.7. The van der Waals surface area contributed by atoms with Gasteiger partial charge in [-0.05, 0) is 40.7 Å². The zero-order valence-corrected chi connectivity index (χ0v) is 12.4. The summed E-state index contributed by atoms with van der Waals surface area (Å²) in [6.07, 6.45) is 1.25. The Hall–Kier alpha value is -0.120. The first-order valence-electron chi connectivity index (χ1n) is 7.17. The first-order chi connectivity index (χ1) is 7.97. The third-order valence-electron chi connectivity index (χ3n) is 3.80. The van der Waals surface area contributed by atoms with Gasteiger partial charge in [-0.25, -0.2) is 0 Å². The second-order valence-corrected chi connectivity index (χ2v) is 6.11. The highest BCUT2D eigenvalue weighted by Crippen LogP contribution is 2.18. The van der Waals surface area contributed by atoms with Gasteiger partial charge in [-0.1, -0.05) is 6.92 Å². The Labute approximate surface area is 108 Å². The number of nitrogens with one attached hydrogen (secondary N) is 1. The molecule has 0 bridgehead atoms. The molecule has 1 N–H and O–H groups in total. The molecule has 0 unspecified atom stereocenters. The van der Waals surface area contributed by atoms with Crippen molar-refractivity contribution in [2.45, 2.75) is 52.6 Å². The van der Waals surface area contributed by atoms with E-state index in [9.17, 15) is 0 Å². The summed E-state index contributed by atoms with van der Waals surface area (Å²) in [5.41, 5.74) is 0.293. The lowest BCUT2D eigenvalue weighted by Crippen LogP contribution is -2.58. The Kier molecular flexibility index (Phi) is 5.90. The molecule has 0 amide bonds. The second kappa shape index (κ2) is 6.72. The summed E-state index contributed by atoms with van der Waals surface area (Å²) in [5.74, 6) is 0. The zero-order valence-electron chi connectivity index (χ0n) is 12.4.